The Morgan fingerprint density at radius 3 is 1.94 bits per heavy atom. The minimum absolute atomic E-state index is 0.0152. The van der Waals surface area contributed by atoms with Gasteiger partial charge in [0.1, 0.15) is 17.7 Å². The minimum atomic E-state index is -1.42. The Hall–Kier alpha value is -3.62. The van der Waals surface area contributed by atoms with Gasteiger partial charge in [-0.2, -0.15) is 0 Å². The third kappa shape index (κ3) is 3.77. The lowest BCUT2D eigenvalue weighted by Gasteiger charge is -2.36. The molecule has 2 fully saturated rings. The highest BCUT2D eigenvalue weighted by atomic mass is 35.5. The molecule has 3 aromatic carbocycles. The number of halogens is 3. The van der Waals surface area contributed by atoms with Crippen LogP contribution in [0.15, 0.2) is 72.8 Å². The van der Waals surface area contributed by atoms with Crippen LogP contribution >= 0.6 is 11.6 Å². The molecule has 3 atom stereocenters. The molecule has 1 N–H and O–H groups in total. The molecule has 0 bridgehead atoms. The van der Waals surface area contributed by atoms with Gasteiger partial charge in [0.25, 0.3) is 0 Å². The number of nitrogens with one attached hydrogen (secondary N) is 1. The van der Waals surface area contributed by atoms with Crippen molar-refractivity contribution in [2.45, 2.75) is 18.1 Å². The molecule has 0 saturated carbocycles. The lowest BCUT2D eigenvalue weighted by molar-refractivity contribution is -0.148. The zero-order valence-electron chi connectivity index (χ0n) is 19.1. The van der Waals surface area contributed by atoms with E-state index in [2.05, 4.69) is 5.32 Å². The molecule has 0 aromatic heterocycles. The zero-order chi connectivity index (χ0) is 25.6. The first-order valence-corrected chi connectivity index (χ1v) is 11.6. The Kier molecular flexibility index (Phi) is 6.10. The van der Waals surface area contributed by atoms with E-state index < -0.39 is 52.8 Å². The predicted octanol–water partition coefficient (Wildman–Crippen LogP) is 3.81. The molecule has 9 heteroatoms. The molecule has 0 aliphatic carbocycles. The van der Waals surface area contributed by atoms with Gasteiger partial charge in [0.05, 0.1) is 31.0 Å². The zero-order valence-corrected chi connectivity index (χ0v) is 19.8. The van der Waals surface area contributed by atoms with Crippen LogP contribution in [0.1, 0.15) is 16.7 Å². The summed E-state index contributed by atoms with van der Waals surface area (Å²) >= 11 is 5.97. The van der Waals surface area contributed by atoms with Crippen molar-refractivity contribution in [2.75, 3.05) is 7.11 Å². The summed E-state index contributed by atoms with van der Waals surface area (Å²) in [6.07, 6.45) is 0. The number of amides is 2. The number of ether oxygens (including phenoxy) is 1. The van der Waals surface area contributed by atoms with Crippen LogP contribution in [0.4, 0.5) is 8.78 Å². The van der Waals surface area contributed by atoms with Gasteiger partial charge in [-0.15, -0.1) is 0 Å². The lowest BCUT2D eigenvalue weighted by Crippen LogP contribution is -2.51. The molecule has 2 aliphatic rings. The van der Waals surface area contributed by atoms with E-state index in [0.29, 0.717) is 21.7 Å². The molecule has 6 nitrogen and oxygen atoms in total. The van der Waals surface area contributed by atoms with Crippen LogP contribution in [0, 0.1) is 23.5 Å². The summed E-state index contributed by atoms with van der Waals surface area (Å²) in [5, 5.41) is 3.69. The molecule has 0 radical (unpaired) electrons. The van der Waals surface area contributed by atoms with Crippen molar-refractivity contribution in [2.24, 2.45) is 11.8 Å². The van der Waals surface area contributed by atoms with Crippen molar-refractivity contribution in [1.82, 2.24) is 10.2 Å². The normalized spacial score (nSPS) is 22.6. The van der Waals surface area contributed by atoms with Crippen molar-refractivity contribution >= 4 is 29.4 Å². The Balaban J connectivity index is 1.68. The Morgan fingerprint density at radius 1 is 0.917 bits per heavy atom. The first-order valence-electron chi connectivity index (χ1n) is 11.2. The highest BCUT2D eigenvalue weighted by Gasteiger charge is 2.68. The van der Waals surface area contributed by atoms with E-state index in [1.165, 1.54) is 55.6 Å². The van der Waals surface area contributed by atoms with Crippen molar-refractivity contribution in [3.05, 3.63) is 106 Å². The first-order chi connectivity index (χ1) is 17.3. The van der Waals surface area contributed by atoms with Crippen LogP contribution in [0.25, 0.3) is 0 Å². The summed E-state index contributed by atoms with van der Waals surface area (Å²) in [5.41, 5.74) is 0.155. The molecule has 2 heterocycles. The van der Waals surface area contributed by atoms with Crippen LogP contribution in [-0.2, 0) is 31.2 Å². The van der Waals surface area contributed by atoms with E-state index in [9.17, 15) is 23.2 Å². The largest absolute Gasteiger partial charge is 0.468 e. The predicted molar refractivity (Wildman–Crippen MR) is 127 cm³/mol. The smallest absolute Gasteiger partial charge is 0.323 e. The number of hydrogen-bond donors (Lipinski definition) is 1. The number of likely N-dealkylation sites (tertiary alicyclic amines) is 1. The monoisotopic (exact) mass is 510 g/mol. The van der Waals surface area contributed by atoms with E-state index in [-0.39, 0.29) is 6.54 Å². The number of rotatable bonds is 5. The summed E-state index contributed by atoms with van der Waals surface area (Å²) < 4.78 is 32.7. The quantitative estimate of drug-likeness (QED) is 0.417. The highest BCUT2D eigenvalue weighted by Crippen LogP contribution is 2.52. The molecule has 184 valence electrons. The molecule has 5 rings (SSSR count). The fourth-order valence-corrected chi connectivity index (χ4v) is 5.47. The van der Waals surface area contributed by atoms with Gasteiger partial charge in [0.2, 0.25) is 11.8 Å². The van der Waals surface area contributed by atoms with Crippen molar-refractivity contribution in [3.63, 3.8) is 0 Å². The first kappa shape index (κ1) is 24.1. The summed E-state index contributed by atoms with van der Waals surface area (Å²) in [6.45, 7) is -0.0152. The number of imide groups is 1. The maximum Gasteiger partial charge on any atom is 0.323 e. The van der Waals surface area contributed by atoms with E-state index in [0.717, 1.165) is 4.90 Å². The topological polar surface area (TPSA) is 75.7 Å². The van der Waals surface area contributed by atoms with Crippen LogP contribution < -0.4 is 5.32 Å². The van der Waals surface area contributed by atoms with E-state index >= 15 is 0 Å². The molecule has 3 aromatic rings. The van der Waals surface area contributed by atoms with Gasteiger partial charge in [-0.25, -0.2) is 8.78 Å². The van der Waals surface area contributed by atoms with Crippen LogP contribution in [0.5, 0.6) is 0 Å². The van der Waals surface area contributed by atoms with Crippen molar-refractivity contribution in [1.29, 1.82) is 0 Å². The highest BCUT2D eigenvalue weighted by molar-refractivity contribution is 6.30. The maximum absolute atomic E-state index is 14.0. The number of fused-ring (bicyclic) bond motifs is 1. The summed E-state index contributed by atoms with van der Waals surface area (Å²) in [7, 11) is 1.20. The molecule has 2 saturated heterocycles. The van der Waals surface area contributed by atoms with E-state index in [1.54, 1.807) is 24.3 Å². The van der Waals surface area contributed by atoms with Gasteiger partial charge in [0, 0.05) is 5.02 Å². The Morgan fingerprint density at radius 2 is 1.44 bits per heavy atom. The van der Waals surface area contributed by atoms with Crippen molar-refractivity contribution in [3.8, 4) is 0 Å². The fraction of sp³-hybridized carbons (Fsp3) is 0.222. The average molecular weight is 511 g/mol. The van der Waals surface area contributed by atoms with Gasteiger partial charge in [-0.1, -0.05) is 48.0 Å². The number of carbonyl (C=O) groups excluding carboxylic acids is 3. The standard InChI is InChI=1S/C27H21ClF2N2O4/c1-36-26(35)23-21-22(25(34)32(24(21)33)14-15-2-8-18(28)9-3-15)27(31-23,16-4-10-19(29)11-5-16)17-6-12-20(30)13-7-17/h2-13,21-23,31H,14H2,1H3/t21-,22+,23-/m1/s1. The second kappa shape index (κ2) is 9.11. The number of carbonyl (C=O) groups is 3. The SMILES string of the molecule is COC(=O)[C@@H]1NC(c2ccc(F)cc2)(c2ccc(F)cc2)[C@@H]2C(=O)N(Cc3ccc(Cl)cc3)C(=O)[C@H]21. The second-order valence-corrected chi connectivity index (χ2v) is 9.30. The molecule has 0 spiro atoms. The molecule has 2 aliphatic heterocycles. The summed E-state index contributed by atoms with van der Waals surface area (Å²) in [4.78, 5) is 41.6. The van der Waals surface area contributed by atoms with E-state index in [4.69, 9.17) is 16.3 Å². The molecular weight excluding hydrogens is 490 g/mol. The summed E-state index contributed by atoms with van der Waals surface area (Å²) in [6, 6.07) is 16.4. The fourth-order valence-electron chi connectivity index (χ4n) is 5.35. The van der Waals surface area contributed by atoms with E-state index in [1.807, 2.05) is 0 Å². The van der Waals surface area contributed by atoms with Crippen LogP contribution in [0.2, 0.25) is 5.02 Å². The second-order valence-electron chi connectivity index (χ2n) is 8.86. The number of methoxy groups -OCH3 is 1. The number of nitrogens with zero attached hydrogens (tertiary/aromatic N) is 1. The van der Waals surface area contributed by atoms with Gasteiger partial charge >= 0.3 is 5.97 Å². The van der Waals surface area contributed by atoms with Gasteiger partial charge in [-0.05, 0) is 53.1 Å². The van der Waals surface area contributed by atoms with Gasteiger partial charge < -0.3 is 4.74 Å². The average Bonchev–Trinajstić information content (AvgIpc) is 3.36. The van der Waals surface area contributed by atoms with Crippen molar-refractivity contribution < 1.29 is 27.9 Å². The van der Waals surface area contributed by atoms with Gasteiger partial charge in [0.15, 0.2) is 0 Å². The van der Waals surface area contributed by atoms with Gasteiger partial charge in [-0.3, -0.25) is 24.6 Å². The molecule has 36 heavy (non-hydrogen) atoms. The molecule has 0 unspecified atom stereocenters. The third-order valence-electron chi connectivity index (χ3n) is 6.96. The molecule has 2 amide bonds. The number of benzene rings is 3. The number of hydrogen-bond acceptors (Lipinski definition) is 5. The minimum Gasteiger partial charge on any atom is -0.468 e. The lowest BCUT2D eigenvalue weighted by atomic mass is 9.71. The third-order valence-corrected chi connectivity index (χ3v) is 7.21. The van der Waals surface area contributed by atoms with Crippen LogP contribution in [0.3, 0.4) is 0 Å². The number of esters is 1. The Labute approximate surface area is 210 Å². The van der Waals surface area contributed by atoms with Crippen LogP contribution in [-0.4, -0.2) is 35.8 Å². The summed E-state index contributed by atoms with van der Waals surface area (Å²) in [5.74, 6) is -4.91. The Bertz CT molecular complexity index is 1280. The maximum atomic E-state index is 14.0. The molecular formula is C27H21ClF2N2O4.